The molecule has 68 valence electrons. The van der Waals surface area contributed by atoms with Crippen LogP contribution < -0.4 is 0 Å². The molecule has 0 N–H and O–H groups in total. The molecule has 0 amide bonds. The Kier molecular flexibility index (Phi) is 5.99. The zero-order valence-corrected chi connectivity index (χ0v) is 9.28. The maximum absolute atomic E-state index is 12.9. The van der Waals surface area contributed by atoms with Crippen LogP contribution in [0.2, 0.25) is 0 Å². The van der Waals surface area contributed by atoms with Gasteiger partial charge in [0.05, 0.1) is 0 Å². The molecule has 0 unspecified atom stereocenters. The number of allylic oxidation sites excluding steroid dienone is 6. The average Bonchev–Trinajstić information content (AvgIpc) is 2.00. The second-order valence-electron chi connectivity index (χ2n) is 2.92. The molecule has 0 aliphatic heterocycles. The summed E-state index contributed by atoms with van der Waals surface area (Å²) in [6.45, 7) is 5.75. The van der Waals surface area contributed by atoms with Crippen LogP contribution in [0, 0.1) is 0 Å². The standard InChI is InChI=1S/C10H14BrF/c1-8(2)4-5-10(12)6-9(3)7-11/h4-6H,7H2,1-3H3/b9-6+,10-5+. The van der Waals surface area contributed by atoms with Crippen molar-refractivity contribution in [2.75, 3.05) is 5.33 Å². The first kappa shape index (κ1) is 11.6. The Balaban J connectivity index is 4.30. The van der Waals surface area contributed by atoms with Crippen LogP contribution in [0.15, 0.2) is 35.2 Å². The van der Waals surface area contributed by atoms with Gasteiger partial charge in [0.2, 0.25) is 0 Å². The summed E-state index contributed by atoms with van der Waals surface area (Å²) >= 11 is 3.25. The summed E-state index contributed by atoms with van der Waals surface area (Å²) in [5, 5.41) is 0.711. The van der Waals surface area contributed by atoms with Gasteiger partial charge < -0.3 is 0 Å². The van der Waals surface area contributed by atoms with E-state index >= 15 is 0 Å². The first-order valence-corrected chi connectivity index (χ1v) is 4.92. The highest BCUT2D eigenvalue weighted by Gasteiger charge is 1.89. The van der Waals surface area contributed by atoms with Gasteiger partial charge in [0, 0.05) is 5.33 Å². The number of hydrogen-bond acceptors (Lipinski definition) is 0. The lowest BCUT2D eigenvalue weighted by molar-refractivity contribution is 0.665. The third kappa shape index (κ3) is 6.35. The Bertz CT molecular complexity index is 220. The van der Waals surface area contributed by atoms with Gasteiger partial charge in [-0.15, -0.1) is 0 Å². The Morgan fingerprint density at radius 2 is 1.83 bits per heavy atom. The summed E-state index contributed by atoms with van der Waals surface area (Å²) in [5.41, 5.74) is 2.07. The predicted molar refractivity (Wildman–Crippen MR) is 56.2 cm³/mol. The summed E-state index contributed by atoms with van der Waals surface area (Å²) in [6.07, 6.45) is 4.75. The predicted octanol–water partition coefficient (Wildman–Crippen LogP) is 4.15. The second-order valence-corrected chi connectivity index (χ2v) is 3.48. The molecule has 0 rings (SSSR count). The summed E-state index contributed by atoms with van der Waals surface area (Å²) in [6, 6.07) is 0. The van der Waals surface area contributed by atoms with Crippen molar-refractivity contribution in [1.82, 2.24) is 0 Å². The van der Waals surface area contributed by atoms with Crippen LogP contribution in [0.1, 0.15) is 20.8 Å². The molecule has 0 radical (unpaired) electrons. The van der Waals surface area contributed by atoms with E-state index in [0.29, 0.717) is 5.33 Å². The minimum absolute atomic E-state index is 0.201. The van der Waals surface area contributed by atoms with Crippen molar-refractivity contribution in [3.05, 3.63) is 35.2 Å². The van der Waals surface area contributed by atoms with Gasteiger partial charge in [-0.25, -0.2) is 4.39 Å². The van der Waals surface area contributed by atoms with Gasteiger partial charge in [-0.2, -0.15) is 0 Å². The molecule has 0 heterocycles. The molecule has 0 nitrogen and oxygen atoms in total. The van der Waals surface area contributed by atoms with E-state index < -0.39 is 0 Å². The van der Waals surface area contributed by atoms with Crippen molar-refractivity contribution in [3.63, 3.8) is 0 Å². The van der Waals surface area contributed by atoms with Crippen molar-refractivity contribution < 1.29 is 4.39 Å². The quantitative estimate of drug-likeness (QED) is 0.507. The zero-order chi connectivity index (χ0) is 9.56. The monoisotopic (exact) mass is 232 g/mol. The Morgan fingerprint density at radius 1 is 1.25 bits per heavy atom. The second kappa shape index (κ2) is 6.18. The molecule has 0 aliphatic rings. The lowest BCUT2D eigenvalue weighted by atomic mass is 10.2. The molecule has 0 aromatic carbocycles. The van der Waals surface area contributed by atoms with Crippen LogP contribution in [-0.4, -0.2) is 5.33 Å². The highest BCUT2D eigenvalue weighted by atomic mass is 79.9. The van der Waals surface area contributed by atoms with Gasteiger partial charge in [0.1, 0.15) is 5.83 Å². The molecule has 0 aliphatic carbocycles. The van der Waals surface area contributed by atoms with Crippen molar-refractivity contribution in [2.24, 2.45) is 0 Å². The molecular formula is C10H14BrF. The first-order chi connectivity index (χ1) is 5.56. The van der Waals surface area contributed by atoms with E-state index in [-0.39, 0.29) is 5.83 Å². The van der Waals surface area contributed by atoms with Crippen LogP contribution in [-0.2, 0) is 0 Å². The summed E-state index contributed by atoms with van der Waals surface area (Å²) in [5.74, 6) is -0.201. The fraction of sp³-hybridized carbons (Fsp3) is 0.400. The number of halogens is 2. The summed E-state index contributed by atoms with van der Waals surface area (Å²) in [7, 11) is 0. The van der Waals surface area contributed by atoms with Gasteiger partial charge >= 0.3 is 0 Å². The van der Waals surface area contributed by atoms with E-state index in [2.05, 4.69) is 15.9 Å². The Hall–Kier alpha value is -0.370. The van der Waals surface area contributed by atoms with E-state index in [4.69, 9.17) is 0 Å². The third-order valence-electron chi connectivity index (χ3n) is 1.17. The van der Waals surface area contributed by atoms with Gasteiger partial charge in [-0.3, -0.25) is 0 Å². The fourth-order valence-electron chi connectivity index (χ4n) is 0.568. The van der Waals surface area contributed by atoms with E-state index in [9.17, 15) is 4.39 Å². The normalized spacial score (nSPS) is 13.1. The van der Waals surface area contributed by atoms with Gasteiger partial charge in [-0.1, -0.05) is 33.2 Å². The summed E-state index contributed by atoms with van der Waals surface area (Å²) in [4.78, 5) is 0. The Morgan fingerprint density at radius 3 is 2.25 bits per heavy atom. The SMILES string of the molecule is CC(C)=C/C=C(F)\C=C(/C)CBr. The van der Waals surface area contributed by atoms with E-state index in [1.807, 2.05) is 20.8 Å². The minimum Gasteiger partial charge on any atom is -0.207 e. The van der Waals surface area contributed by atoms with Crippen molar-refractivity contribution in [3.8, 4) is 0 Å². The number of hydrogen-bond donors (Lipinski definition) is 0. The van der Waals surface area contributed by atoms with E-state index in [0.717, 1.165) is 11.1 Å². The average molecular weight is 233 g/mol. The fourth-order valence-corrected chi connectivity index (χ4v) is 0.730. The third-order valence-corrected chi connectivity index (χ3v) is 2.06. The van der Waals surface area contributed by atoms with E-state index in [1.54, 1.807) is 6.08 Å². The van der Waals surface area contributed by atoms with Crippen LogP contribution in [0.25, 0.3) is 0 Å². The van der Waals surface area contributed by atoms with Crippen LogP contribution >= 0.6 is 15.9 Å². The molecule has 0 fully saturated rings. The largest absolute Gasteiger partial charge is 0.207 e. The molecule has 0 atom stereocenters. The van der Waals surface area contributed by atoms with Crippen LogP contribution in [0.5, 0.6) is 0 Å². The van der Waals surface area contributed by atoms with Crippen LogP contribution in [0.4, 0.5) is 4.39 Å². The smallest absolute Gasteiger partial charge is 0.123 e. The summed E-state index contributed by atoms with van der Waals surface area (Å²) < 4.78 is 12.9. The van der Waals surface area contributed by atoms with E-state index in [1.165, 1.54) is 12.2 Å². The number of alkyl halides is 1. The zero-order valence-electron chi connectivity index (χ0n) is 7.70. The molecule has 0 spiro atoms. The molecule has 0 bridgehead atoms. The molecule has 0 saturated heterocycles. The van der Waals surface area contributed by atoms with Gasteiger partial charge in [0.25, 0.3) is 0 Å². The minimum atomic E-state index is -0.201. The van der Waals surface area contributed by atoms with Crippen molar-refractivity contribution in [2.45, 2.75) is 20.8 Å². The highest BCUT2D eigenvalue weighted by molar-refractivity contribution is 9.09. The lowest BCUT2D eigenvalue weighted by Gasteiger charge is -1.91. The molecule has 12 heavy (non-hydrogen) atoms. The molecule has 0 aromatic rings. The highest BCUT2D eigenvalue weighted by Crippen LogP contribution is 2.06. The Labute approximate surface area is 82.0 Å². The molecule has 0 saturated carbocycles. The molecule has 0 aromatic heterocycles. The van der Waals surface area contributed by atoms with Crippen molar-refractivity contribution >= 4 is 15.9 Å². The van der Waals surface area contributed by atoms with Gasteiger partial charge in [-0.05, 0) is 32.9 Å². The first-order valence-electron chi connectivity index (χ1n) is 3.80. The number of rotatable bonds is 3. The lowest BCUT2D eigenvalue weighted by Crippen LogP contribution is -1.76. The maximum atomic E-state index is 12.9. The van der Waals surface area contributed by atoms with Crippen LogP contribution in [0.3, 0.4) is 0 Å². The maximum Gasteiger partial charge on any atom is 0.123 e. The van der Waals surface area contributed by atoms with Crippen molar-refractivity contribution in [1.29, 1.82) is 0 Å². The van der Waals surface area contributed by atoms with Gasteiger partial charge in [0.15, 0.2) is 0 Å². The molecular weight excluding hydrogens is 219 g/mol. The molecule has 2 heteroatoms. The topological polar surface area (TPSA) is 0 Å².